The largest absolute Gasteiger partial charge is 0.444 e. The zero-order valence-electron chi connectivity index (χ0n) is 11.1. The molecule has 0 spiro atoms. The van der Waals surface area contributed by atoms with E-state index in [-0.39, 0.29) is 12.1 Å². The van der Waals surface area contributed by atoms with Crippen molar-refractivity contribution in [3.63, 3.8) is 0 Å². The minimum absolute atomic E-state index is 0.228. The summed E-state index contributed by atoms with van der Waals surface area (Å²) in [4.78, 5) is 11.6. The van der Waals surface area contributed by atoms with Gasteiger partial charge in [-0.1, -0.05) is 0 Å². The summed E-state index contributed by atoms with van der Waals surface area (Å²) in [5.74, 6) is 0. The summed E-state index contributed by atoms with van der Waals surface area (Å²) in [6, 6.07) is 0.228. The van der Waals surface area contributed by atoms with Gasteiger partial charge in [-0.05, 0) is 58.5 Å². The first kappa shape index (κ1) is 14.6. The smallest absolute Gasteiger partial charge is 0.407 e. The molecule has 0 aromatic heterocycles. The van der Waals surface area contributed by atoms with Gasteiger partial charge in [0.1, 0.15) is 5.60 Å². The second-order valence-electron chi connectivity index (χ2n) is 5.38. The molecule has 1 amide bonds. The highest BCUT2D eigenvalue weighted by molar-refractivity contribution is 7.93. The summed E-state index contributed by atoms with van der Waals surface area (Å²) < 4.78 is 10.7. The van der Waals surface area contributed by atoms with Crippen molar-refractivity contribution >= 4 is 18.1 Å². The van der Waals surface area contributed by atoms with Crippen LogP contribution in [0, 0.1) is 0 Å². The number of hydrogen-bond donors (Lipinski definition) is 1. The number of carbonyl (C=O) groups excluding carboxylic acids is 1. The highest BCUT2D eigenvalue weighted by Crippen LogP contribution is 2.24. The van der Waals surface area contributed by atoms with Crippen molar-refractivity contribution in [2.24, 2.45) is 0 Å². The Labute approximate surface area is 108 Å². The van der Waals surface area contributed by atoms with Gasteiger partial charge in [0.15, 0.2) is 0 Å². The Hall–Kier alpha value is -0.420. The van der Waals surface area contributed by atoms with Crippen LogP contribution >= 0.6 is 12.0 Å². The van der Waals surface area contributed by atoms with Gasteiger partial charge in [-0.2, -0.15) is 0 Å². The molecule has 0 aromatic rings. The monoisotopic (exact) mass is 261 g/mol. The normalized spacial score (nSPS) is 25.4. The summed E-state index contributed by atoms with van der Waals surface area (Å²) in [7, 11) is 0. The topological polar surface area (TPSA) is 47.6 Å². The van der Waals surface area contributed by atoms with Crippen LogP contribution in [0.5, 0.6) is 0 Å². The van der Waals surface area contributed by atoms with E-state index in [2.05, 4.69) is 5.32 Å². The van der Waals surface area contributed by atoms with Crippen LogP contribution < -0.4 is 5.32 Å². The van der Waals surface area contributed by atoms with Gasteiger partial charge in [-0.25, -0.2) is 4.79 Å². The molecule has 1 aliphatic rings. The van der Waals surface area contributed by atoms with E-state index in [1.54, 1.807) is 0 Å². The van der Waals surface area contributed by atoms with E-state index in [4.69, 9.17) is 8.92 Å². The fraction of sp³-hybridized carbons (Fsp3) is 0.917. The van der Waals surface area contributed by atoms with Crippen LogP contribution in [0.2, 0.25) is 0 Å². The summed E-state index contributed by atoms with van der Waals surface area (Å²) >= 11 is 1.42. The molecule has 0 aliphatic heterocycles. The molecular weight excluding hydrogens is 238 g/mol. The number of alkyl carbamates (subject to hydrolysis) is 1. The molecule has 0 atom stereocenters. The summed E-state index contributed by atoms with van der Waals surface area (Å²) in [5.41, 5.74) is -0.427. The van der Waals surface area contributed by atoms with Crippen molar-refractivity contribution < 1.29 is 13.7 Å². The Balaban J connectivity index is 2.24. The van der Waals surface area contributed by atoms with E-state index < -0.39 is 5.60 Å². The van der Waals surface area contributed by atoms with Crippen molar-refractivity contribution in [1.29, 1.82) is 0 Å². The molecule has 17 heavy (non-hydrogen) atoms. The van der Waals surface area contributed by atoms with Crippen LogP contribution in [-0.4, -0.2) is 30.1 Å². The number of carbonyl (C=O) groups is 1. The Bertz CT molecular complexity index is 245. The van der Waals surface area contributed by atoms with Gasteiger partial charge >= 0.3 is 6.09 Å². The molecule has 0 aromatic carbocycles. The maximum absolute atomic E-state index is 11.6. The molecule has 100 valence electrons. The third-order valence-corrected chi connectivity index (χ3v) is 3.09. The lowest BCUT2D eigenvalue weighted by Crippen LogP contribution is -2.41. The van der Waals surface area contributed by atoms with Gasteiger partial charge in [0.05, 0.1) is 6.10 Å². The minimum Gasteiger partial charge on any atom is -0.444 e. The zero-order chi connectivity index (χ0) is 12.9. The van der Waals surface area contributed by atoms with Crippen LogP contribution in [0.1, 0.15) is 46.5 Å². The Morgan fingerprint density at radius 1 is 1.24 bits per heavy atom. The standard InChI is InChI=1S/C12H23NO3S/c1-12(2,3)15-11(14)13-9-5-7-10(8-6-9)16-17-4/h9-10H,5-8H2,1-4H3,(H,13,14)/t9-,10+. The van der Waals surface area contributed by atoms with Crippen molar-refractivity contribution in [2.75, 3.05) is 6.26 Å². The third kappa shape index (κ3) is 6.17. The van der Waals surface area contributed by atoms with Gasteiger partial charge in [-0.15, -0.1) is 0 Å². The first-order valence-corrected chi connectivity index (χ1v) is 7.24. The first-order valence-electron chi connectivity index (χ1n) is 6.09. The van der Waals surface area contributed by atoms with Gasteiger partial charge < -0.3 is 14.2 Å². The van der Waals surface area contributed by atoms with Crippen molar-refractivity contribution in [1.82, 2.24) is 5.32 Å². The lowest BCUT2D eigenvalue weighted by atomic mass is 9.93. The SMILES string of the molecule is CSO[C@H]1CC[C@@H](NC(=O)OC(C)(C)C)CC1. The van der Waals surface area contributed by atoms with Gasteiger partial charge in [0.2, 0.25) is 0 Å². The number of ether oxygens (including phenoxy) is 1. The molecule has 4 nitrogen and oxygen atoms in total. The van der Waals surface area contributed by atoms with Crippen molar-refractivity contribution in [2.45, 2.75) is 64.2 Å². The van der Waals surface area contributed by atoms with Crippen molar-refractivity contribution in [3.05, 3.63) is 0 Å². The number of hydrogen-bond acceptors (Lipinski definition) is 4. The zero-order valence-corrected chi connectivity index (χ0v) is 11.9. The summed E-state index contributed by atoms with van der Waals surface area (Å²) in [6.45, 7) is 5.61. The van der Waals surface area contributed by atoms with E-state index >= 15 is 0 Å². The molecule has 0 unspecified atom stereocenters. The predicted octanol–water partition coefficient (Wildman–Crippen LogP) is 3.12. The predicted molar refractivity (Wildman–Crippen MR) is 70.0 cm³/mol. The van der Waals surface area contributed by atoms with Crippen molar-refractivity contribution in [3.8, 4) is 0 Å². The molecule has 1 aliphatic carbocycles. The average molecular weight is 261 g/mol. The Morgan fingerprint density at radius 2 is 1.82 bits per heavy atom. The Kier molecular flexibility index (Phi) is 5.59. The fourth-order valence-electron chi connectivity index (χ4n) is 1.91. The first-order chi connectivity index (χ1) is 7.90. The lowest BCUT2D eigenvalue weighted by molar-refractivity contribution is 0.0476. The van der Waals surface area contributed by atoms with E-state index in [9.17, 15) is 4.79 Å². The molecule has 0 bridgehead atoms. The van der Waals surface area contributed by atoms with Gasteiger partial charge in [0.25, 0.3) is 0 Å². The molecule has 1 fully saturated rings. The van der Waals surface area contributed by atoms with E-state index in [1.807, 2.05) is 27.0 Å². The fourth-order valence-corrected chi connectivity index (χ4v) is 2.38. The summed E-state index contributed by atoms with van der Waals surface area (Å²) in [5, 5.41) is 2.91. The molecule has 1 N–H and O–H groups in total. The Morgan fingerprint density at radius 3 is 2.29 bits per heavy atom. The molecule has 1 rings (SSSR count). The lowest BCUT2D eigenvalue weighted by Gasteiger charge is -2.29. The molecule has 1 saturated carbocycles. The van der Waals surface area contributed by atoms with Crippen LogP contribution in [0.25, 0.3) is 0 Å². The number of amides is 1. The number of nitrogens with one attached hydrogen (secondary N) is 1. The molecule has 0 saturated heterocycles. The molecule has 5 heteroatoms. The number of rotatable bonds is 3. The maximum Gasteiger partial charge on any atom is 0.407 e. The van der Waals surface area contributed by atoms with Gasteiger partial charge in [-0.3, -0.25) is 0 Å². The minimum atomic E-state index is -0.427. The molecule has 0 radical (unpaired) electrons. The highest BCUT2D eigenvalue weighted by atomic mass is 32.2. The average Bonchev–Trinajstić information content (AvgIpc) is 2.18. The second-order valence-corrected chi connectivity index (χ2v) is 5.91. The third-order valence-electron chi connectivity index (χ3n) is 2.63. The van der Waals surface area contributed by atoms with Crippen LogP contribution in [0.15, 0.2) is 0 Å². The molecule has 0 heterocycles. The van der Waals surface area contributed by atoms with Crippen LogP contribution in [-0.2, 0) is 8.92 Å². The summed E-state index contributed by atoms with van der Waals surface area (Å²) in [6.07, 6.45) is 5.89. The van der Waals surface area contributed by atoms with E-state index in [0.717, 1.165) is 25.7 Å². The van der Waals surface area contributed by atoms with Gasteiger partial charge in [0, 0.05) is 12.3 Å². The highest BCUT2D eigenvalue weighted by Gasteiger charge is 2.24. The quantitative estimate of drug-likeness (QED) is 0.793. The molecular formula is C12H23NO3S. The van der Waals surface area contributed by atoms with Crippen LogP contribution in [0.4, 0.5) is 4.79 Å². The maximum atomic E-state index is 11.6. The second kappa shape index (κ2) is 6.50. The van der Waals surface area contributed by atoms with E-state index in [0.29, 0.717) is 6.10 Å². The van der Waals surface area contributed by atoms with E-state index in [1.165, 1.54) is 12.0 Å². The van der Waals surface area contributed by atoms with Crippen LogP contribution in [0.3, 0.4) is 0 Å².